The Morgan fingerprint density at radius 2 is 1.83 bits per heavy atom. The lowest BCUT2D eigenvalue weighted by molar-refractivity contribution is -0.0511. The number of amides is 1. The lowest BCUT2D eigenvalue weighted by Gasteiger charge is -2.19. The van der Waals surface area contributed by atoms with Crippen molar-refractivity contribution in [2.45, 2.75) is 26.4 Å². The van der Waals surface area contributed by atoms with Gasteiger partial charge in [-0.3, -0.25) is 23.6 Å². The molecule has 1 aromatic carbocycles. The molecule has 0 aliphatic rings. The molecule has 11 heteroatoms. The number of ether oxygens (including phenoxy) is 1. The van der Waals surface area contributed by atoms with Gasteiger partial charge in [-0.2, -0.15) is 0 Å². The Kier molecular flexibility index (Phi) is 8.08. The number of halogens is 2. The average Bonchev–Trinajstić information content (AvgIpc) is 2.65. The number of nitrogens with one attached hydrogen (secondary N) is 2. The molecule has 0 spiro atoms. The third kappa shape index (κ3) is 6.06. The Balaban J connectivity index is 2.32. The largest absolute Gasteiger partial charge is 0.373 e. The summed E-state index contributed by atoms with van der Waals surface area (Å²) in [5.74, 6) is -0.802. The monoisotopic (exact) mass is 550 g/mol. The van der Waals surface area contributed by atoms with E-state index in [1.54, 1.807) is 18.2 Å². The van der Waals surface area contributed by atoms with E-state index in [-0.39, 0.29) is 30.2 Å². The van der Waals surface area contributed by atoms with E-state index in [9.17, 15) is 14.4 Å². The maximum Gasteiger partial charge on any atom is 0.332 e. The molecule has 0 unspecified atom stereocenters. The molecule has 1 aromatic heterocycles. The fourth-order valence-electron chi connectivity index (χ4n) is 2.47. The van der Waals surface area contributed by atoms with Crippen LogP contribution in [0.2, 0.25) is 5.02 Å². The molecule has 0 bridgehead atoms. The number of anilines is 2. The van der Waals surface area contributed by atoms with Crippen molar-refractivity contribution in [2.75, 3.05) is 18.5 Å². The molecule has 0 atom stereocenters. The van der Waals surface area contributed by atoms with Crippen LogP contribution < -0.4 is 22.0 Å². The molecular formula is C19H24ClIN4O5. The van der Waals surface area contributed by atoms with Crippen molar-refractivity contribution in [1.82, 2.24) is 14.6 Å². The standard InChI is InChI=1S/C19H24ClIN4O5/c1-19(2,3)29-8-9-30-23-16(26)14-15(24(4)18(28)25(5)17(14)27)22-13-7-6-11(21)10-12(13)20/h6-7,10,22H,8-9H2,1-5H3,(H,23,26). The van der Waals surface area contributed by atoms with Gasteiger partial charge in [-0.1, -0.05) is 11.6 Å². The van der Waals surface area contributed by atoms with Gasteiger partial charge in [0.1, 0.15) is 11.4 Å². The van der Waals surface area contributed by atoms with Gasteiger partial charge in [0.15, 0.2) is 0 Å². The van der Waals surface area contributed by atoms with Crippen molar-refractivity contribution in [1.29, 1.82) is 0 Å². The van der Waals surface area contributed by atoms with Crippen molar-refractivity contribution in [3.8, 4) is 0 Å². The van der Waals surface area contributed by atoms with E-state index >= 15 is 0 Å². The maximum absolute atomic E-state index is 12.7. The predicted octanol–water partition coefficient (Wildman–Crippen LogP) is 2.56. The Bertz CT molecular complexity index is 1060. The second-order valence-corrected chi connectivity index (χ2v) is 9.07. The van der Waals surface area contributed by atoms with E-state index in [1.165, 1.54) is 14.1 Å². The minimum absolute atomic E-state index is 0.00162. The highest BCUT2D eigenvalue weighted by Crippen LogP contribution is 2.27. The molecule has 2 rings (SSSR count). The minimum atomic E-state index is -0.800. The summed E-state index contributed by atoms with van der Waals surface area (Å²) < 4.78 is 8.42. The van der Waals surface area contributed by atoms with E-state index < -0.39 is 17.2 Å². The van der Waals surface area contributed by atoms with Gasteiger partial charge in [-0.05, 0) is 61.6 Å². The highest BCUT2D eigenvalue weighted by molar-refractivity contribution is 14.1. The summed E-state index contributed by atoms with van der Waals surface area (Å²) in [5, 5.41) is 3.29. The van der Waals surface area contributed by atoms with Crippen molar-refractivity contribution < 1.29 is 14.4 Å². The first-order chi connectivity index (χ1) is 13.9. The number of benzene rings is 1. The van der Waals surface area contributed by atoms with Crippen LogP contribution in [0.5, 0.6) is 0 Å². The minimum Gasteiger partial charge on any atom is -0.373 e. The Morgan fingerprint density at radius 3 is 2.43 bits per heavy atom. The number of carbonyl (C=O) groups is 1. The lowest BCUT2D eigenvalue weighted by atomic mass is 10.2. The maximum atomic E-state index is 12.7. The SMILES string of the molecule is Cn1c(Nc2ccc(I)cc2Cl)c(C(=O)NOCCOC(C)(C)C)c(=O)n(C)c1=O. The second-order valence-electron chi connectivity index (χ2n) is 7.42. The van der Waals surface area contributed by atoms with Crippen LogP contribution in [0.15, 0.2) is 27.8 Å². The van der Waals surface area contributed by atoms with Crippen LogP contribution in [-0.4, -0.2) is 33.9 Å². The molecule has 0 aliphatic carbocycles. The van der Waals surface area contributed by atoms with Gasteiger partial charge >= 0.3 is 5.69 Å². The van der Waals surface area contributed by atoms with Crippen LogP contribution in [0.1, 0.15) is 31.1 Å². The summed E-state index contributed by atoms with van der Waals surface area (Å²) in [5.41, 5.74) is 0.672. The first-order valence-corrected chi connectivity index (χ1v) is 10.5. The van der Waals surface area contributed by atoms with E-state index in [1.807, 2.05) is 20.8 Å². The highest BCUT2D eigenvalue weighted by atomic mass is 127. The Hall–Kier alpha value is -1.89. The van der Waals surface area contributed by atoms with Gasteiger partial charge in [0.2, 0.25) is 0 Å². The summed E-state index contributed by atoms with van der Waals surface area (Å²) in [6.07, 6.45) is 0. The van der Waals surface area contributed by atoms with Crippen molar-refractivity contribution in [2.24, 2.45) is 14.1 Å². The lowest BCUT2D eigenvalue weighted by Crippen LogP contribution is -2.43. The summed E-state index contributed by atoms with van der Waals surface area (Å²) in [7, 11) is 2.74. The second kappa shape index (κ2) is 9.94. The molecule has 0 aliphatic heterocycles. The van der Waals surface area contributed by atoms with E-state index in [0.29, 0.717) is 10.7 Å². The molecular weight excluding hydrogens is 527 g/mol. The smallest absolute Gasteiger partial charge is 0.332 e. The molecule has 164 valence electrons. The van der Waals surface area contributed by atoms with Crippen LogP contribution in [0, 0.1) is 3.57 Å². The van der Waals surface area contributed by atoms with Crippen LogP contribution in [-0.2, 0) is 23.7 Å². The van der Waals surface area contributed by atoms with Crippen molar-refractivity contribution in [3.05, 3.63) is 53.2 Å². The van der Waals surface area contributed by atoms with Crippen LogP contribution in [0.4, 0.5) is 11.5 Å². The Morgan fingerprint density at radius 1 is 1.17 bits per heavy atom. The number of hydrogen-bond acceptors (Lipinski definition) is 6. The van der Waals surface area contributed by atoms with Crippen LogP contribution >= 0.6 is 34.2 Å². The van der Waals surface area contributed by atoms with Crippen molar-refractivity contribution >= 4 is 51.6 Å². The van der Waals surface area contributed by atoms with E-state index in [2.05, 4.69) is 33.4 Å². The summed E-state index contributed by atoms with van der Waals surface area (Å²) >= 11 is 8.36. The molecule has 0 radical (unpaired) electrons. The van der Waals surface area contributed by atoms with Crippen LogP contribution in [0.25, 0.3) is 0 Å². The molecule has 0 saturated carbocycles. The van der Waals surface area contributed by atoms with Crippen LogP contribution in [0.3, 0.4) is 0 Å². The highest BCUT2D eigenvalue weighted by Gasteiger charge is 2.23. The zero-order valence-electron chi connectivity index (χ0n) is 17.3. The Labute approximate surface area is 192 Å². The summed E-state index contributed by atoms with van der Waals surface area (Å²) in [6, 6.07) is 5.20. The fraction of sp³-hybridized carbons (Fsp3) is 0.421. The molecule has 9 nitrogen and oxygen atoms in total. The quantitative estimate of drug-likeness (QED) is 0.312. The fourth-order valence-corrected chi connectivity index (χ4v) is 3.37. The molecule has 1 amide bonds. The van der Waals surface area contributed by atoms with Gasteiger partial charge < -0.3 is 10.1 Å². The molecule has 30 heavy (non-hydrogen) atoms. The van der Waals surface area contributed by atoms with Gasteiger partial charge in [-0.25, -0.2) is 10.3 Å². The van der Waals surface area contributed by atoms with Gasteiger partial charge in [0, 0.05) is 17.7 Å². The van der Waals surface area contributed by atoms with Gasteiger partial charge in [0.05, 0.1) is 29.5 Å². The summed E-state index contributed by atoms with van der Waals surface area (Å²) in [4.78, 5) is 42.9. The number of rotatable bonds is 7. The summed E-state index contributed by atoms with van der Waals surface area (Å²) in [6.45, 7) is 6.02. The van der Waals surface area contributed by atoms with E-state index in [4.69, 9.17) is 21.2 Å². The van der Waals surface area contributed by atoms with E-state index in [0.717, 1.165) is 12.7 Å². The first kappa shape index (κ1) is 24.4. The number of hydroxylamine groups is 1. The third-order valence-electron chi connectivity index (χ3n) is 3.96. The molecule has 2 aromatic rings. The zero-order chi connectivity index (χ0) is 22.6. The van der Waals surface area contributed by atoms with Crippen molar-refractivity contribution in [3.63, 3.8) is 0 Å². The average molecular weight is 551 g/mol. The van der Waals surface area contributed by atoms with Gasteiger partial charge in [-0.15, -0.1) is 0 Å². The number of carbonyl (C=O) groups excluding carboxylic acids is 1. The number of nitrogens with zero attached hydrogens (tertiary/aromatic N) is 2. The normalized spacial score (nSPS) is 11.4. The topological polar surface area (TPSA) is 104 Å². The number of aromatic nitrogens is 2. The first-order valence-electron chi connectivity index (χ1n) is 9.00. The third-order valence-corrected chi connectivity index (χ3v) is 4.94. The molecule has 0 fully saturated rings. The molecule has 1 heterocycles. The van der Waals surface area contributed by atoms with Gasteiger partial charge in [0.25, 0.3) is 11.5 Å². The number of hydrogen-bond donors (Lipinski definition) is 2. The molecule has 0 saturated heterocycles. The predicted molar refractivity (Wildman–Crippen MR) is 123 cm³/mol. The zero-order valence-corrected chi connectivity index (χ0v) is 20.3. The molecule has 2 N–H and O–H groups in total.